The second-order valence-corrected chi connectivity index (χ2v) is 9.00. The molecule has 2 fully saturated rings. The van der Waals surface area contributed by atoms with Crippen LogP contribution in [-0.4, -0.2) is 62.7 Å². The van der Waals surface area contributed by atoms with Crippen LogP contribution in [0.15, 0.2) is 48.5 Å². The predicted molar refractivity (Wildman–Crippen MR) is 132 cm³/mol. The molecule has 2 unspecified atom stereocenters. The van der Waals surface area contributed by atoms with Gasteiger partial charge in [0, 0.05) is 49.3 Å². The number of hydrogen-bond donors (Lipinski definition) is 5. The molecular weight excluding hydrogens is 428 g/mol. The molecule has 0 radical (unpaired) electrons. The Bertz CT molecular complexity index is 991. The topological polar surface area (TPSA) is 94.7 Å². The molecule has 5 N–H and O–H groups in total. The number of benzene rings is 2. The summed E-state index contributed by atoms with van der Waals surface area (Å²) in [6.07, 6.45) is 0.733. The number of aliphatic hydroxyl groups is 1. The van der Waals surface area contributed by atoms with Crippen molar-refractivity contribution in [1.29, 1.82) is 0 Å². The summed E-state index contributed by atoms with van der Waals surface area (Å²) in [5.41, 5.74) is 4.29. The van der Waals surface area contributed by atoms with Gasteiger partial charge in [-0.25, -0.2) is 0 Å². The summed E-state index contributed by atoms with van der Waals surface area (Å²) < 4.78 is 5.41. The third-order valence-electron chi connectivity index (χ3n) is 6.53. The molecule has 4 atom stereocenters. The third kappa shape index (κ3) is 6.66. The van der Waals surface area contributed by atoms with Crippen molar-refractivity contribution in [3.05, 3.63) is 70.8 Å². The van der Waals surface area contributed by atoms with Crippen molar-refractivity contribution in [3.8, 4) is 11.8 Å². The second kappa shape index (κ2) is 12.1. The van der Waals surface area contributed by atoms with E-state index >= 15 is 0 Å². The van der Waals surface area contributed by atoms with Gasteiger partial charge in [0.05, 0.1) is 13.3 Å². The van der Waals surface area contributed by atoms with E-state index in [-0.39, 0.29) is 17.9 Å². The smallest absolute Gasteiger partial charge is 0.251 e. The Labute approximate surface area is 201 Å². The quantitative estimate of drug-likeness (QED) is 0.377. The first-order valence-electron chi connectivity index (χ1n) is 12.0. The third-order valence-corrected chi connectivity index (χ3v) is 6.53. The Morgan fingerprint density at radius 3 is 2.47 bits per heavy atom. The molecule has 7 nitrogen and oxygen atoms in total. The molecule has 34 heavy (non-hydrogen) atoms. The van der Waals surface area contributed by atoms with Gasteiger partial charge in [-0.2, -0.15) is 0 Å². The molecule has 0 aromatic heterocycles. The standard InChI is InChI=1S/C27H34N4O3/c1-34-17-23(14-25-26(32)27(33)31-18-30-25)22-10-8-20(9-11-22)3-2-19-4-6-21(7-5-19)15-29-24-12-13-28-16-24/h4-11,23-26,28-30,32H,12-18H2,1H3,(H,31,33)/t23-,24+,25?,26?/m1/s1. The van der Waals surface area contributed by atoms with Crippen molar-refractivity contribution < 1.29 is 14.6 Å². The van der Waals surface area contributed by atoms with Crippen molar-refractivity contribution in [2.75, 3.05) is 33.5 Å². The normalized spacial score (nSPS) is 23.1. The van der Waals surface area contributed by atoms with E-state index in [1.54, 1.807) is 7.11 Å². The number of aliphatic hydroxyl groups excluding tert-OH is 1. The zero-order valence-electron chi connectivity index (χ0n) is 19.6. The molecule has 2 saturated heterocycles. The predicted octanol–water partition coefficient (Wildman–Crippen LogP) is 1.06. The molecule has 4 rings (SSSR count). The maximum Gasteiger partial charge on any atom is 0.251 e. The van der Waals surface area contributed by atoms with Crippen LogP contribution >= 0.6 is 0 Å². The molecule has 0 bridgehead atoms. The Kier molecular flexibility index (Phi) is 8.69. The van der Waals surface area contributed by atoms with Gasteiger partial charge in [-0.3, -0.25) is 10.1 Å². The molecule has 0 aliphatic carbocycles. The van der Waals surface area contributed by atoms with Gasteiger partial charge in [0.25, 0.3) is 5.91 Å². The van der Waals surface area contributed by atoms with Crippen molar-refractivity contribution in [2.24, 2.45) is 0 Å². The van der Waals surface area contributed by atoms with Crippen LogP contribution in [0, 0.1) is 11.8 Å². The van der Waals surface area contributed by atoms with Crippen molar-refractivity contribution in [1.82, 2.24) is 21.3 Å². The van der Waals surface area contributed by atoms with Crippen LogP contribution in [0.1, 0.15) is 41.0 Å². The molecule has 0 saturated carbocycles. The first-order valence-corrected chi connectivity index (χ1v) is 12.0. The van der Waals surface area contributed by atoms with E-state index in [1.807, 2.05) is 12.1 Å². The van der Waals surface area contributed by atoms with Gasteiger partial charge < -0.3 is 25.8 Å². The maximum absolute atomic E-state index is 11.8. The van der Waals surface area contributed by atoms with Gasteiger partial charge in [0.1, 0.15) is 6.10 Å². The van der Waals surface area contributed by atoms with Gasteiger partial charge in [-0.05, 0) is 54.8 Å². The fourth-order valence-electron chi connectivity index (χ4n) is 4.47. The zero-order valence-corrected chi connectivity index (χ0v) is 19.6. The highest BCUT2D eigenvalue weighted by Gasteiger charge is 2.31. The van der Waals surface area contributed by atoms with Crippen LogP contribution in [0.2, 0.25) is 0 Å². The molecule has 1 amide bonds. The minimum absolute atomic E-state index is 0.0613. The average molecular weight is 463 g/mol. The lowest BCUT2D eigenvalue weighted by Gasteiger charge is -2.31. The highest BCUT2D eigenvalue weighted by atomic mass is 16.5. The van der Waals surface area contributed by atoms with Crippen LogP contribution in [0.5, 0.6) is 0 Å². The van der Waals surface area contributed by atoms with E-state index < -0.39 is 6.10 Å². The lowest BCUT2D eigenvalue weighted by Crippen LogP contribution is -2.58. The van der Waals surface area contributed by atoms with Crippen LogP contribution in [0.25, 0.3) is 0 Å². The van der Waals surface area contributed by atoms with Gasteiger partial charge in [0.15, 0.2) is 0 Å². The summed E-state index contributed by atoms with van der Waals surface area (Å²) in [5, 5.41) is 22.9. The van der Waals surface area contributed by atoms with E-state index in [9.17, 15) is 9.90 Å². The molecule has 2 aromatic carbocycles. The number of nitrogens with one attached hydrogen (secondary N) is 4. The Balaban J connectivity index is 1.34. The number of hydrogen-bond acceptors (Lipinski definition) is 6. The number of carbonyl (C=O) groups is 1. The zero-order chi connectivity index (χ0) is 23.8. The molecule has 180 valence electrons. The number of methoxy groups -OCH3 is 1. The first kappa shape index (κ1) is 24.4. The van der Waals surface area contributed by atoms with E-state index in [4.69, 9.17) is 4.74 Å². The minimum atomic E-state index is -1.06. The Hall–Kier alpha value is -2.73. The first-order chi connectivity index (χ1) is 16.6. The lowest BCUT2D eigenvalue weighted by molar-refractivity contribution is -0.133. The highest BCUT2D eigenvalue weighted by Crippen LogP contribution is 2.24. The van der Waals surface area contributed by atoms with E-state index in [1.165, 1.54) is 12.0 Å². The van der Waals surface area contributed by atoms with Crippen LogP contribution in [0.4, 0.5) is 0 Å². The van der Waals surface area contributed by atoms with E-state index in [0.717, 1.165) is 36.3 Å². The lowest BCUT2D eigenvalue weighted by atomic mass is 9.89. The van der Waals surface area contributed by atoms with Crippen LogP contribution < -0.4 is 21.3 Å². The second-order valence-electron chi connectivity index (χ2n) is 9.00. The number of amides is 1. The van der Waals surface area contributed by atoms with Gasteiger partial charge in [-0.15, -0.1) is 0 Å². The monoisotopic (exact) mass is 462 g/mol. The molecule has 2 aromatic rings. The van der Waals surface area contributed by atoms with Crippen molar-refractivity contribution >= 4 is 5.91 Å². The van der Waals surface area contributed by atoms with Crippen molar-refractivity contribution in [3.63, 3.8) is 0 Å². The van der Waals surface area contributed by atoms with Gasteiger partial charge >= 0.3 is 0 Å². The SMILES string of the molecule is COC[C@@H](CC1NCNC(=O)C1O)c1ccc(C#Cc2ccc(CN[C@H]3CCNC3)cc2)cc1. The summed E-state index contributed by atoms with van der Waals surface area (Å²) in [5.74, 6) is 6.21. The van der Waals surface area contributed by atoms with Gasteiger partial charge in [-0.1, -0.05) is 36.1 Å². The largest absolute Gasteiger partial charge is 0.384 e. The summed E-state index contributed by atoms with van der Waals surface area (Å²) in [4.78, 5) is 11.8. The van der Waals surface area contributed by atoms with Crippen LogP contribution in [0.3, 0.4) is 0 Å². The average Bonchev–Trinajstić information content (AvgIpc) is 3.39. The number of carbonyl (C=O) groups excluding carboxylic acids is 1. The maximum atomic E-state index is 11.8. The fourth-order valence-corrected chi connectivity index (χ4v) is 4.47. The fraction of sp³-hybridized carbons (Fsp3) is 0.444. The molecule has 0 spiro atoms. The van der Waals surface area contributed by atoms with Gasteiger partial charge in [0.2, 0.25) is 0 Å². The molecular formula is C27H34N4O3. The Morgan fingerprint density at radius 2 is 1.82 bits per heavy atom. The van der Waals surface area contributed by atoms with Crippen LogP contribution in [-0.2, 0) is 16.1 Å². The summed E-state index contributed by atoms with van der Waals surface area (Å²) >= 11 is 0. The molecule has 2 heterocycles. The van der Waals surface area contributed by atoms with E-state index in [0.29, 0.717) is 25.7 Å². The Morgan fingerprint density at radius 1 is 1.12 bits per heavy atom. The summed E-state index contributed by atoms with van der Waals surface area (Å²) in [6.45, 7) is 3.90. The molecule has 2 aliphatic rings. The number of rotatable bonds is 8. The summed E-state index contributed by atoms with van der Waals surface area (Å²) in [6, 6.07) is 16.8. The minimum Gasteiger partial charge on any atom is -0.384 e. The summed E-state index contributed by atoms with van der Waals surface area (Å²) in [7, 11) is 1.66. The molecule has 2 aliphatic heterocycles. The van der Waals surface area contributed by atoms with E-state index in [2.05, 4.69) is 69.5 Å². The number of ether oxygens (including phenoxy) is 1. The highest BCUT2D eigenvalue weighted by molar-refractivity contribution is 5.82. The van der Waals surface area contributed by atoms with Crippen molar-refractivity contribution in [2.45, 2.75) is 43.5 Å². The molecule has 7 heteroatoms.